The molecule has 1 aromatic rings. The summed E-state index contributed by atoms with van der Waals surface area (Å²) in [5.41, 5.74) is 0.0380. The van der Waals surface area contributed by atoms with Crippen molar-refractivity contribution in [3.05, 3.63) is 34.1 Å². The lowest BCUT2D eigenvalue weighted by atomic mass is 10.1. The summed E-state index contributed by atoms with van der Waals surface area (Å²) in [6.45, 7) is 0. The standard InChI is InChI=1S/C12H13BrFNO2S/c13-8-1-2-11(14)10(7-8)12(16)15-9-3-5-18(17)6-4-9/h1-2,7,9H,3-6H2,(H,15,16). The molecule has 0 bridgehead atoms. The molecule has 0 unspecified atom stereocenters. The van der Waals surface area contributed by atoms with Crippen LogP contribution in [0.1, 0.15) is 23.2 Å². The summed E-state index contributed by atoms with van der Waals surface area (Å²) in [7, 11) is -0.761. The lowest BCUT2D eigenvalue weighted by molar-refractivity contribution is 0.0930. The average molecular weight is 334 g/mol. The topological polar surface area (TPSA) is 46.2 Å². The largest absolute Gasteiger partial charge is 0.349 e. The Morgan fingerprint density at radius 2 is 2.06 bits per heavy atom. The van der Waals surface area contributed by atoms with Crippen molar-refractivity contribution < 1.29 is 13.4 Å². The van der Waals surface area contributed by atoms with Gasteiger partial charge in [0.1, 0.15) is 5.82 Å². The first-order valence-electron chi connectivity index (χ1n) is 5.67. The Morgan fingerprint density at radius 3 is 2.72 bits per heavy atom. The number of hydrogen-bond acceptors (Lipinski definition) is 2. The van der Waals surface area contributed by atoms with Crippen molar-refractivity contribution in [3.8, 4) is 0 Å². The van der Waals surface area contributed by atoms with Gasteiger partial charge in [-0.05, 0) is 31.0 Å². The first-order chi connectivity index (χ1) is 8.56. The third kappa shape index (κ3) is 3.38. The second-order valence-corrected chi connectivity index (χ2v) is 6.83. The van der Waals surface area contributed by atoms with Gasteiger partial charge in [0.15, 0.2) is 0 Å². The third-order valence-electron chi connectivity index (χ3n) is 2.90. The minimum absolute atomic E-state index is 0.00594. The van der Waals surface area contributed by atoms with Crippen LogP contribution in [0.2, 0.25) is 0 Å². The fraction of sp³-hybridized carbons (Fsp3) is 0.417. The van der Waals surface area contributed by atoms with E-state index in [4.69, 9.17) is 0 Å². The highest BCUT2D eigenvalue weighted by Crippen LogP contribution is 2.16. The van der Waals surface area contributed by atoms with Gasteiger partial charge in [-0.15, -0.1) is 0 Å². The number of carbonyl (C=O) groups is 1. The minimum Gasteiger partial charge on any atom is -0.349 e. The molecule has 0 spiro atoms. The van der Waals surface area contributed by atoms with E-state index >= 15 is 0 Å². The summed E-state index contributed by atoms with van der Waals surface area (Å²) in [4.78, 5) is 11.9. The first-order valence-corrected chi connectivity index (χ1v) is 7.95. The first kappa shape index (κ1) is 13.7. The van der Waals surface area contributed by atoms with Crippen molar-refractivity contribution in [3.63, 3.8) is 0 Å². The van der Waals surface area contributed by atoms with Crippen LogP contribution in [-0.4, -0.2) is 27.7 Å². The van der Waals surface area contributed by atoms with Crippen LogP contribution in [0.15, 0.2) is 22.7 Å². The van der Waals surface area contributed by atoms with Gasteiger partial charge in [-0.1, -0.05) is 15.9 Å². The molecule has 98 valence electrons. The molecule has 0 aromatic heterocycles. The number of amides is 1. The van der Waals surface area contributed by atoms with Crippen molar-refractivity contribution in [2.45, 2.75) is 18.9 Å². The Morgan fingerprint density at radius 1 is 1.39 bits per heavy atom. The van der Waals surface area contributed by atoms with Crippen molar-refractivity contribution in [2.75, 3.05) is 11.5 Å². The Hall–Kier alpha value is -0.750. The van der Waals surface area contributed by atoms with Crippen LogP contribution in [0, 0.1) is 5.82 Å². The number of halogens is 2. The van der Waals surface area contributed by atoms with Crippen LogP contribution in [0.4, 0.5) is 4.39 Å². The molecule has 1 aliphatic rings. The van der Waals surface area contributed by atoms with Gasteiger partial charge in [0.05, 0.1) is 5.56 Å². The molecule has 1 heterocycles. The van der Waals surface area contributed by atoms with Crippen LogP contribution in [0.25, 0.3) is 0 Å². The van der Waals surface area contributed by atoms with Gasteiger partial charge in [0, 0.05) is 32.8 Å². The monoisotopic (exact) mass is 333 g/mol. The normalized spacial score (nSPS) is 23.7. The maximum absolute atomic E-state index is 13.5. The Balaban J connectivity index is 2.03. The summed E-state index contributed by atoms with van der Waals surface area (Å²) < 4.78 is 25.4. The van der Waals surface area contributed by atoms with Gasteiger partial charge >= 0.3 is 0 Å². The van der Waals surface area contributed by atoms with Crippen molar-refractivity contribution in [1.82, 2.24) is 5.32 Å². The highest BCUT2D eigenvalue weighted by molar-refractivity contribution is 9.10. The lowest BCUT2D eigenvalue weighted by Crippen LogP contribution is -2.39. The molecule has 0 radical (unpaired) electrons. The highest BCUT2D eigenvalue weighted by atomic mass is 79.9. The highest BCUT2D eigenvalue weighted by Gasteiger charge is 2.21. The Bertz CT molecular complexity index is 485. The number of hydrogen-bond donors (Lipinski definition) is 1. The van der Waals surface area contributed by atoms with Crippen LogP contribution >= 0.6 is 15.9 Å². The molecule has 1 aliphatic heterocycles. The number of nitrogens with one attached hydrogen (secondary N) is 1. The number of benzene rings is 1. The smallest absolute Gasteiger partial charge is 0.254 e. The second kappa shape index (κ2) is 5.93. The van der Waals surface area contributed by atoms with E-state index in [1.807, 2.05) is 0 Å². The molecule has 6 heteroatoms. The van der Waals surface area contributed by atoms with Gasteiger partial charge in [-0.25, -0.2) is 4.39 Å². The van der Waals surface area contributed by atoms with E-state index < -0.39 is 22.5 Å². The summed E-state index contributed by atoms with van der Waals surface area (Å²) in [6, 6.07) is 4.27. The molecule has 1 aromatic carbocycles. The fourth-order valence-electron chi connectivity index (χ4n) is 1.87. The molecule has 18 heavy (non-hydrogen) atoms. The predicted molar refractivity (Wildman–Crippen MR) is 72.5 cm³/mol. The zero-order valence-electron chi connectivity index (χ0n) is 9.62. The summed E-state index contributed by atoms with van der Waals surface area (Å²) in [6.07, 6.45) is 1.38. The molecule has 1 saturated heterocycles. The molecule has 0 saturated carbocycles. The second-order valence-electron chi connectivity index (χ2n) is 4.22. The van der Waals surface area contributed by atoms with E-state index in [1.165, 1.54) is 12.1 Å². The van der Waals surface area contributed by atoms with Crippen molar-refractivity contribution in [1.29, 1.82) is 0 Å². The molecular weight excluding hydrogens is 321 g/mol. The summed E-state index contributed by atoms with van der Waals surface area (Å²) in [5, 5.41) is 2.79. The van der Waals surface area contributed by atoms with E-state index in [2.05, 4.69) is 21.2 Å². The Kier molecular flexibility index (Phi) is 4.50. The quantitative estimate of drug-likeness (QED) is 0.902. The van der Waals surface area contributed by atoms with Crippen molar-refractivity contribution >= 4 is 32.6 Å². The predicted octanol–water partition coefficient (Wildman–Crippen LogP) is 2.23. The van der Waals surface area contributed by atoms with E-state index in [0.717, 1.165) is 0 Å². The van der Waals surface area contributed by atoms with Gasteiger partial charge in [0.25, 0.3) is 5.91 Å². The Labute approximate surface area is 116 Å². The SMILES string of the molecule is O=C(NC1CCS(=O)CC1)c1cc(Br)ccc1F. The van der Waals surface area contributed by atoms with Gasteiger partial charge in [0.2, 0.25) is 0 Å². The van der Waals surface area contributed by atoms with Crippen LogP contribution in [0.3, 0.4) is 0 Å². The van der Waals surface area contributed by atoms with Gasteiger partial charge in [-0.2, -0.15) is 0 Å². The van der Waals surface area contributed by atoms with Crippen LogP contribution < -0.4 is 5.32 Å². The maximum Gasteiger partial charge on any atom is 0.254 e. The van der Waals surface area contributed by atoms with Gasteiger partial charge in [-0.3, -0.25) is 9.00 Å². The molecule has 1 fully saturated rings. The van der Waals surface area contributed by atoms with E-state index in [-0.39, 0.29) is 11.6 Å². The molecular formula is C12H13BrFNO2S. The van der Waals surface area contributed by atoms with E-state index in [9.17, 15) is 13.4 Å². The molecule has 0 atom stereocenters. The molecule has 1 N–H and O–H groups in total. The number of carbonyl (C=O) groups excluding carboxylic acids is 1. The lowest BCUT2D eigenvalue weighted by Gasteiger charge is -2.22. The van der Waals surface area contributed by atoms with Crippen LogP contribution in [-0.2, 0) is 10.8 Å². The zero-order chi connectivity index (χ0) is 13.1. The van der Waals surface area contributed by atoms with E-state index in [1.54, 1.807) is 6.07 Å². The van der Waals surface area contributed by atoms with Gasteiger partial charge < -0.3 is 5.32 Å². The maximum atomic E-state index is 13.5. The average Bonchev–Trinajstić information content (AvgIpc) is 2.35. The summed E-state index contributed by atoms with van der Waals surface area (Å²) in [5.74, 6) is 0.263. The van der Waals surface area contributed by atoms with Crippen molar-refractivity contribution in [2.24, 2.45) is 0 Å². The molecule has 1 amide bonds. The third-order valence-corrected chi connectivity index (χ3v) is 4.77. The molecule has 0 aliphatic carbocycles. The van der Waals surface area contributed by atoms with Crippen LogP contribution in [0.5, 0.6) is 0 Å². The minimum atomic E-state index is -0.761. The van der Waals surface area contributed by atoms with E-state index in [0.29, 0.717) is 28.8 Å². The fourth-order valence-corrected chi connectivity index (χ4v) is 3.53. The zero-order valence-corrected chi connectivity index (χ0v) is 12.0. The molecule has 3 nitrogen and oxygen atoms in total. The molecule has 2 rings (SSSR count). The summed E-state index contributed by atoms with van der Waals surface area (Å²) >= 11 is 3.21. The number of rotatable bonds is 2.